The second kappa shape index (κ2) is 14.5. The molecule has 3 N–H and O–H groups in total. The second-order valence-electron chi connectivity index (χ2n) is 12.2. The molecule has 0 saturated carbocycles. The number of piperidine rings is 1. The molecule has 1 spiro atoms. The van der Waals surface area contributed by atoms with E-state index in [4.69, 9.17) is 9.47 Å². The van der Waals surface area contributed by atoms with E-state index in [1.165, 1.54) is 43.6 Å². The van der Waals surface area contributed by atoms with Gasteiger partial charge in [-0.3, -0.25) is 0 Å². The molecular weight excluding hydrogens is 681 g/mol. The minimum absolute atomic E-state index is 0.0318. The van der Waals surface area contributed by atoms with Crippen LogP contribution in [0.15, 0.2) is 87.5 Å². The van der Waals surface area contributed by atoms with E-state index < -0.39 is 41.8 Å². The predicted octanol–water partition coefficient (Wildman–Crippen LogP) is 1.85. The molecule has 2 heterocycles. The summed E-state index contributed by atoms with van der Waals surface area (Å²) in [5.74, 6) is 0.326. The average molecular weight is 723 g/mol. The molecule has 48 heavy (non-hydrogen) atoms. The van der Waals surface area contributed by atoms with Gasteiger partial charge < -0.3 is 19.9 Å². The zero-order valence-corrected chi connectivity index (χ0v) is 29.5. The molecule has 5 rings (SSSR count). The van der Waals surface area contributed by atoms with E-state index in [1.54, 1.807) is 54.6 Å². The molecule has 2 aliphatic rings. The Morgan fingerprint density at radius 3 is 2.17 bits per heavy atom. The molecule has 2 saturated heterocycles. The molecule has 3 aromatic carbocycles. The molecule has 2 aliphatic heterocycles. The Balaban J connectivity index is 1.14. The van der Waals surface area contributed by atoms with Crippen molar-refractivity contribution >= 4 is 30.1 Å². The van der Waals surface area contributed by atoms with E-state index in [-0.39, 0.29) is 47.0 Å². The summed E-state index contributed by atoms with van der Waals surface area (Å²) in [7, 11) is -6.84. The van der Waals surface area contributed by atoms with Crippen molar-refractivity contribution in [1.82, 2.24) is 18.6 Å². The van der Waals surface area contributed by atoms with Crippen molar-refractivity contribution in [3.63, 3.8) is 0 Å². The fraction of sp³-hybridized carbons (Fsp3) is 0.438. The molecule has 2 unspecified atom stereocenters. The number of ether oxygens (including phenoxy) is 2. The van der Waals surface area contributed by atoms with E-state index >= 15 is 0 Å². The first-order valence-corrected chi connectivity index (χ1v) is 19.9. The van der Waals surface area contributed by atoms with Crippen molar-refractivity contribution in [2.45, 2.75) is 51.7 Å². The van der Waals surface area contributed by atoms with Crippen LogP contribution in [-0.4, -0.2) is 111 Å². The molecule has 2 fully saturated rings. The molecule has 0 amide bonds. The number of nitrogens with zero attached hydrogens (tertiary/aromatic N) is 2. The van der Waals surface area contributed by atoms with Gasteiger partial charge in [-0.25, -0.2) is 34.3 Å². The Kier molecular flexibility index (Phi) is 11.0. The topological polar surface area (TPSA) is 172 Å². The largest absolute Gasteiger partial charge is 0.491 e. The molecule has 0 aliphatic carbocycles. The van der Waals surface area contributed by atoms with Gasteiger partial charge in [-0.2, -0.15) is 4.31 Å². The Morgan fingerprint density at radius 2 is 1.52 bits per heavy atom. The highest BCUT2D eigenvalue weighted by Gasteiger charge is 2.44. The van der Waals surface area contributed by atoms with Gasteiger partial charge in [-0.15, -0.1) is 0 Å². The van der Waals surface area contributed by atoms with Crippen molar-refractivity contribution < 1.29 is 39.8 Å². The van der Waals surface area contributed by atoms with Gasteiger partial charge in [0.2, 0.25) is 30.1 Å². The normalized spacial score (nSPS) is 19.5. The van der Waals surface area contributed by atoms with Crippen molar-refractivity contribution in [2.24, 2.45) is 0 Å². The Labute approximate surface area is 283 Å². The second-order valence-corrected chi connectivity index (χ2v) is 18.2. The third-order valence-corrected chi connectivity index (χ3v) is 13.8. The monoisotopic (exact) mass is 722 g/mol. The summed E-state index contributed by atoms with van der Waals surface area (Å²) in [6, 6.07) is 19.0. The number of sulfonamides is 3. The highest BCUT2D eigenvalue weighted by Crippen LogP contribution is 2.38. The van der Waals surface area contributed by atoms with Gasteiger partial charge in [-0.1, -0.05) is 30.3 Å². The Hall–Kier alpha value is -2.93. The number of nitrogens with one attached hydrogen (secondary N) is 2. The van der Waals surface area contributed by atoms with Crippen molar-refractivity contribution in [3.8, 4) is 16.9 Å². The zero-order valence-electron chi connectivity index (χ0n) is 27.1. The molecule has 262 valence electrons. The van der Waals surface area contributed by atoms with Crippen LogP contribution >= 0.6 is 0 Å². The van der Waals surface area contributed by atoms with E-state index in [2.05, 4.69) is 10.0 Å². The number of benzene rings is 3. The summed E-state index contributed by atoms with van der Waals surface area (Å²) in [4.78, 5) is 0.324. The maximum Gasteiger partial charge on any atom is 0.243 e. The SMILES string of the molecule is CNS(=O)(=O)c1cccc(OCC(O)CNC2COC3(CCN(S(=O)(=O)c4cccc(-c5cccc(S(=O)(=O)N(C)C)c5)c4)CC3)C2)c1. The van der Waals surface area contributed by atoms with Crippen LogP contribution < -0.4 is 14.8 Å². The number of rotatable bonds is 13. The quantitative estimate of drug-likeness (QED) is 0.237. The summed E-state index contributed by atoms with van der Waals surface area (Å²) < 4.78 is 93.3. The minimum atomic E-state index is -3.82. The predicted molar refractivity (Wildman–Crippen MR) is 180 cm³/mol. The van der Waals surface area contributed by atoms with Crippen LogP contribution in [0.1, 0.15) is 19.3 Å². The van der Waals surface area contributed by atoms with Gasteiger partial charge >= 0.3 is 0 Å². The Bertz CT molecular complexity index is 1930. The summed E-state index contributed by atoms with van der Waals surface area (Å²) in [6.45, 7) is 1.20. The number of aliphatic hydroxyl groups excluding tert-OH is 1. The summed E-state index contributed by atoms with van der Waals surface area (Å²) in [5.41, 5.74) is 0.720. The molecule has 3 aromatic rings. The third kappa shape index (κ3) is 8.09. The molecule has 13 nitrogen and oxygen atoms in total. The van der Waals surface area contributed by atoms with Crippen LogP contribution in [0, 0.1) is 0 Å². The lowest BCUT2D eigenvalue weighted by Gasteiger charge is -2.38. The smallest absolute Gasteiger partial charge is 0.243 e. The van der Waals surface area contributed by atoms with Crippen LogP contribution in [0.5, 0.6) is 5.75 Å². The lowest BCUT2D eigenvalue weighted by Crippen LogP contribution is -2.47. The highest BCUT2D eigenvalue weighted by atomic mass is 32.2. The maximum atomic E-state index is 13.7. The van der Waals surface area contributed by atoms with E-state index in [1.807, 2.05) is 0 Å². The van der Waals surface area contributed by atoms with Gasteiger partial charge in [0, 0.05) is 45.8 Å². The fourth-order valence-corrected chi connectivity index (χ4v) is 9.09. The highest BCUT2D eigenvalue weighted by molar-refractivity contribution is 7.89. The van der Waals surface area contributed by atoms with Crippen molar-refractivity contribution in [2.75, 3.05) is 54.0 Å². The van der Waals surface area contributed by atoms with Gasteiger partial charge in [-0.05, 0) is 73.8 Å². The first-order chi connectivity index (χ1) is 22.6. The Morgan fingerprint density at radius 1 is 0.917 bits per heavy atom. The number of hydrogen-bond donors (Lipinski definition) is 3. The van der Waals surface area contributed by atoms with Crippen LogP contribution in [0.3, 0.4) is 0 Å². The van der Waals surface area contributed by atoms with Gasteiger partial charge in [0.15, 0.2) is 0 Å². The van der Waals surface area contributed by atoms with Gasteiger partial charge in [0.25, 0.3) is 0 Å². The van der Waals surface area contributed by atoms with Crippen LogP contribution in [0.25, 0.3) is 11.1 Å². The molecule has 0 radical (unpaired) electrons. The lowest BCUT2D eigenvalue weighted by molar-refractivity contribution is -0.0312. The summed E-state index contributed by atoms with van der Waals surface area (Å²) >= 11 is 0. The van der Waals surface area contributed by atoms with Gasteiger partial charge in [0.05, 0.1) is 26.9 Å². The first kappa shape index (κ1) is 36.4. The molecule has 0 bridgehead atoms. The lowest BCUT2D eigenvalue weighted by atomic mass is 9.88. The average Bonchev–Trinajstić information content (AvgIpc) is 3.48. The minimum Gasteiger partial charge on any atom is -0.491 e. The van der Waals surface area contributed by atoms with Crippen molar-refractivity contribution in [3.05, 3.63) is 72.8 Å². The van der Waals surface area contributed by atoms with Crippen LogP contribution in [0.4, 0.5) is 0 Å². The van der Waals surface area contributed by atoms with E-state index in [0.717, 1.165) is 4.31 Å². The van der Waals surface area contributed by atoms with Crippen molar-refractivity contribution in [1.29, 1.82) is 0 Å². The number of hydrogen-bond acceptors (Lipinski definition) is 10. The number of aliphatic hydroxyl groups is 1. The summed E-state index contributed by atoms with van der Waals surface area (Å²) in [6.07, 6.45) is 0.854. The van der Waals surface area contributed by atoms with Gasteiger partial charge in [0.1, 0.15) is 18.5 Å². The standard InChI is InChI=1S/C32H42N4O9S3/c1-33-46(38,39)29-10-6-9-28(19-29)44-23-27(37)21-34-26-20-32(45-22-26)13-15-36(16-14-32)48(42,43)31-12-5-8-25(18-31)24-7-4-11-30(17-24)47(40,41)35(2)3/h4-12,17-19,26-27,33-34,37H,13-16,20-23H2,1-3H3. The van der Waals surface area contributed by atoms with Crippen LogP contribution in [-0.2, 0) is 34.8 Å². The molecule has 2 atom stereocenters. The van der Waals surface area contributed by atoms with E-state index in [9.17, 15) is 30.4 Å². The molecule has 0 aromatic heterocycles. The zero-order chi connectivity index (χ0) is 34.7. The first-order valence-electron chi connectivity index (χ1n) is 15.5. The van der Waals surface area contributed by atoms with E-state index in [0.29, 0.717) is 42.7 Å². The molecular formula is C32H42N4O9S3. The maximum absolute atomic E-state index is 13.7. The summed E-state index contributed by atoms with van der Waals surface area (Å²) in [5, 5.41) is 13.8. The third-order valence-electron chi connectivity index (χ3n) is 8.73. The molecule has 16 heteroatoms. The van der Waals surface area contributed by atoms with Crippen LogP contribution in [0.2, 0.25) is 0 Å². The fourth-order valence-electron chi connectivity index (χ4n) is 5.89.